The van der Waals surface area contributed by atoms with Crippen LogP contribution in [-0.2, 0) is 13.1 Å². The van der Waals surface area contributed by atoms with Crippen LogP contribution in [0, 0.1) is 6.92 Å². The van der Waals surface area contributed by atoms with E-state index in [-0.39, 0.29) is 5.38 Å². The van der Waals surface area contributed by atoms with Crippen molar-refractivity contribution in [1.29, 1.82) is 0 Å². The predicted octanol–water partition coefficient (Wildman–Crippen LogP) is 2.81. The van der Waals surface area contributed by atoms with E-state index in [9.17, 15) is 0 Å². The number of hydrogen-bond acceptors (Lipinski definition) is 3. The fraction of sp³-hybridized carbons (Fsp3) is 0.714. The van der Waals surface area contributed by atoms with Crippen LogP contribution in [0.3, 0.4) is 0 Å². The highest BCUT2D eigenvalue weighted by Crippen LogP contribution is 2.26. The molecule has 2 aromatic heterocycles. The standard InChI is InChI=1S/C14H24ClN5/c1-6-18(5)8-9-19-13(10(3)15)16-12-11(4)17-20(7-2)14(12)19/h10H,6-9H2,1-5H3. The molecule has 0 aliphatic rings. The highest BCUT2D eigenvalue weighted by molar-refractivity contribution is 6.20. The molecule has 0 spiro atoms. The molecule has 2 aromatic rings. The average molecular weight is 298 g/mol. The smallest absolute Gasteiger partial charge is 0.159 e. The van der Waals surface area contributed by atoms with Crippen LogP contribution in [0.25, 0.3) is 11.2 Å². The van der Waals surface area contributed by atoms with Gasteiger partial charge in [-0.1, -0.05) is 6.92 Å². The SMILES string of the molecule is CCN(C)CCn1c(C(C)Cl)nc2c(C)nn(CC)c21. The van der Waals surface area contributed by atoms with Gasteiger partial charge in [-0.15, -0.1) is 11.6 Å². The Morgan fingerprint density at radius 1 is 1.35 bits per heavy atom. The van der Waals surface area contributed by atoms with Gasteiger partial charge in [0.1, 0.15) is 11.3 Å². The Bertz CT molecular complexity index is 584. The van der Waals surface area contributed by atoms with Gasteiger partial charge in [-0.2, -0.15) is 5.10 Å². The van der Waals surface area contributed by atoms with E-state index < -0.39 is 0 Å². The summed E-state index contributed by atoms with van der Waals surface area (Å²) in [6.45, 7) is 12.0. The number of aromatic nitrogens is 4. The van der Waals surface area contributed by atoms with E-state index in [0.717, 1.165) is 48.9 Å². The number of aryl methyl sites for hydroxylation is 2. The largest absolute Gasteiger partial charge is 0.310 e. The number of likely N-dealkylation sites (N-methyl/N-ethyl adjacent to an activating group) is 1. The Labute approximate surface area is 125 Å². The zero-order valence-corrected chi connectivity index (χ0v) is 13.8. The van der Waals surface area contributed by atoms with E-state index in [1.54, 1.807) is 0 Å². The lowest BCUT2D eigenvalue weighted by molar-refractivity contribution is 0.334. The van der Waals surface area contributed by atoms with Gasteiger partial charge in [-0.25, -0.2) is 9.67 Å². The van der Waals surface area contributed by atoms with E-state index in [1.807, 2.05) is 18.5 Å². The Morgan fingerprint density at radius 2 is 2.05 bits per heavy atom. The zero-order chi connectivity index (χ0) is 14.9. The second kappa shape index (κ2) is 6.14. The van der Waals surface area contributed by atoms with Crippen molar-refractivity contribution >= 4 is 22.8 Å². The van der Waals surface area contributed by atoms with Crippen LogP contribution in [0.4, 0.5) is 0 Å². The van der Waals surface area contributed by atoms with E-state index in [1.165, 1.54) is 0 Å². The maximum absolute atomic E-state index is 6.31. The molecule has 0 saturated carbocycles. The minimum absolute atomic E-state index is 0.0981. The van der Waals surface area contributed by atoms with Crippen molar-refractivity contribution in [2.24, 2.45) is 0 Å². The summed E-state index contributed by atoms with van der Waals surface area (Å²) in [5.41, 5.74) is 3.05. The molecule has 112 valence electrons. The molecule has 0 aliphatic heterocycles. The minimum Gasteiger partial charge on any atom is -0.310 e. The quantitative estimate of drug-likeness (QED) is 0.770. The summed E-state index contributed by atoms with van der Waals surface area (Å²) in [6.07, 6.45) is 0. The molecule has 1 unspecified atom stereocenters. The molecular formula is C14H24ClN5. The summed E-state index contributed by atoms with van der Waals surface area (Å²) in [7, 11) is 2.13. The van der Waals surface area contributed by atoms with Gasteiger partial charge in [-0.05, 0) is 34.4 Å². The monoisotopic (exact) mass is 297 g/mol. The van der Waals surface area contributed by atoms with Gasteiger partial charge >= 0.3 is 0 Å². The number of alkyl halides is 1. The summed E-state index contributed by atoms with van der Waals surface area (Å²) in [4.78, 5) is 7.00. The van der Waals surface area contributed by atoms with E-state index in [0.29, 0.717) is 0 Å². The molecule has 2 rings (SSSR count). The number of fused-ring (bicyclic) bond motifs is 1. The third kappa shape index (κ3) is 2.69. The molecule has 20 heavy (non-hydrogen) atoms. The molecule has 1 atom stereocenters. The van der Waals surface area contributed by atoms with Gasteiger partial charge in [0.15, 0.2) is 5.65 Å². The maximum atomic E-state index is 6.31. The average Bonchev–Trinajstić information content (AvgIpc) is 2.94. The second-order valence-electron chi connectivity index (χ2n) is 5.21. The molecule has 6 heteroatoms. The number of imidazole rings is 1. The summed E-state index contributed by atoms with van der Waals surface area (Å²) < 4.78 is 4.25. The van der Waals surface area contributed by atoms with Crippen LogP contribution in [0.5, 0.6) is 0 Å². The molecule has 0 N–H and O–H groups in total. The summed E-state index contributed by atoms with van der Waals surface area (Å²) >= 11 is 6.31. The van der Waals surface area contributed by atoms with Crippen LogP contribution in [0.15, 0.2) is 0 Å². The van der Waals surface area contributed by atoms with Gasteiger partial charge in [0.2, 0.25) is 0 Å². The van der Waals surface area contributed by atoms with Crippen molar-refractivity contribution in [3.05, 3.63) is 11.5 Å². The van der Waals surface area contributed by atoms with Crippen molar-refractivity contribution in [1.82, 2.24) is 24.2 Å². The van der Waals surface area contributed by atoms with E-state index >= 15 is 0 Å². The van der Waals surface area contributed by atoms with Gasteiger partial charge in [-0.3, -0.25) is 0 Å². The van der Waals surface area contributed by atoms with Crippen molar-refractivity contribution in [3.63, 3.8) is 0 Å². The molecule has 0 aromatic carbocycles. The molecule has 2 heterocycles. The van der Waals surface area contributed by atoms with Crippen molar-refractivity contribution in [2.75, 3.05) is 20.1 Å². The van der Waals surface area contributed by atoms with Crippen LogP contribution in [0.1, 0.15) is 37.7 Å². The summed E-state index contributed by atoms with van der Waals surface area (Å²) in [5.74, 6) is 0.939. The number of halogens is 1. The molecule has 0 aliphatic carbocycles. The zero-order valence-electron chi connectivity index (χ0n) is 13.0. The first-order chi connectivity index (χ1) is 9.49. The minimum atomic E-state index is -0.0981. The maximum Gasteiger partial charge on any atom is 0.159 e. The highest BCUT2D eigenvalue weighted by Gasteiger charge is 2.20. The molecule has 0 bridgehead atoms. The lowest BCUT2D eigenvalue weighted by Gasteiger charge is -2.17. The Hall–Kier alpha value is -1.07. The first-order valence-corrected chi connectivity index (χ1v) is 7.69. The summed E-state index contributed by atoms with van der Waals surface area (Å²) in [6, 6.07) is 0. The molecule has 5 nitrogen and oxygen atoms in total. The first-order valence-electron chi connectivity index (χ1n) is 7.25. The first kappa shape index (κ1) is 15.3. The Morgan fingerprint density at radius 3 is 2.60 bits per heavy atom. The van der Waals surface area contributed by atoms with Gasteiger partial charge in [0.25, 0.3) is 0 Å². The van der Waals surface area contributed by atoms with E-state index in [4.69, 9.17) is 16.6 Å². The third-order valence-electron chi connectivity index (χ3n) is 3.73. The van der Waals surface area contributed by atoms with Crippen molar-refractivity contribution in [2.45, 2.75) is 46.2 Å². The molecule has 0 radical (unpaired) electrons. The molecule has 0 saturated heterocycles. The summed E-state index contributed by atoms with van der Waals surface area (Å²) in [5, 5.41) is 4.46. The highest BCUT2D eigenvalue weighted by atomic mass is 35.5. The van der Waals surface area contributed by atoms with Gasteiger partial charge in [0, 0.05) is 19.6 Å². The predicted molar refractivity (Wildman–Crippen MR) is 83.4 cm³/mol. The lowest BCUT2D eigenvalue weighted by atomic mass is 10.4. The normalized spacial score (nSPS) is 13.6. The Balaban J connectivity index is 2.49. The fourth-order valence-corrected chi connectivity index (χ4v) is 2.58. The second-order valence-corrected chi connectivity index (χ2v) is 5.86. The fourth-order valence-electron chi connectivity index (χ4n) is 2.41. The van der Waals surface area contributed by atoms with E-state index in [2.05, 4.69) is 35.5 Å². The molecular weight excluding hydrogens is 274 g/mol. The van der Waals surface area contributed by atoms with Crippen molar-refractivity contribution < 1.29 is 0 Å². The molecule has 0 fully saturated rings. The van der Waals surface area contributed by atoms with Crippen molar-refractivity contribution in [3.8, 4) is 0 Å². The topological polar surface area (TPSA) is 38.9 Å². The number of rotatable bonds is 6. The number of nitrogens with zero attached hydrogens (tertiary/aromatic N) is 5. The van der Waals surface area contributed by atoms with Crippen LogP contribution in [-0.4, -0.2) is 44.4 Å². The third-order valence-corrected chi connectivity index (χ3v) is 3.92. The number of hydrogen-bond donors (Lipinski definition) is 0. The molecule has 0 amide bonds. The van der Waals surface area contributed by atoms with Crippen LogP contribution in [0.2, 0.25) is 0 Å². The van der Waals surface area contributed by atoms with Gasteiger partial charge in [0.05, 0.1) is 11.1 Å². The van der Waals surface area contributed by atoms with Crippen LogP contribution < -0.4 is 0 Å². The van der Waals surface area contributed by atoms with Crippen LogP contribution >= 0.6 is 11.6 Å². The van der Waals surface area contributed by atoms with Gasteiger partial charge < -0.3 is 9.47 Å². The lowest BCUT2D eigenvalue weighted by Crippen LogP contribution is -2.24. The Kier molecular flexibility index (Phi) is 4.70.